The molecule has 0 aliphatic carbocycles. The second-order valence-corrected chi connectivity index (χ2v) is 5.98. The molecule has 1 aromatic heterocycles. The first-order chi connectivity index (χ1) is 8.59. The number of nitrogens with zero attached hydrogens (tertiary/aromatic N) is 1. The maximum absolute atomic E-state index is 4.56. The van der Waals surface area contributed by atoms with E-state index in [2.05, 4.69) is 43.0 Å². The van der Waals surface area contributed by atoms with Crippen molar-refractivity contribution in [2.75, 3.05) is 6.54 Å². The molecule has 1 aliphatic rings. The summed E-state index contributed by atoms with van der Waals surface area (Å²) < 4.78 is 0. The summed E-state index contributed by atoms with van der Waals surface area (Å²) >= 11 is 1.83. The summed E-state index contributed by atoms with van der Waals surface area (Å²) in [5.41, 5.74) is 4.06. The molecule has 1 aromatic rings. The smallest absolute Gasteiger partial charge is 0.0939 e. The molecule has 1 aliphatic heterocycles. The summed E-state index contributed by atoms with van der Waals surface area (Å²) in [5.74, 6) is 1.04. The third kappa shape index (κ3) is 2.83. The van der Waals surface area contributed by atoms with Crippen molar-refractivity contribution in [3.63, 3.8) is 0 Å². The highest BCUT2D eigenvalue weighted by Crippen LogP contribution is 2.33. The highest BCUT2D eigenvalue weighted by Gasteiger charge is 2.20. The lowest BCUT2D eigenvalue weighted by molar-refractivity contribution is 0.682. The number of rotatable bonds is 1. The van der Waals surface area contributed by atoms with Crippen molar-refractivity contribution < 1.29 is 0 Å². The van der Waals surface area contributed by atoms with E-state index in [1.165, 1.54) is 28.0 Å². The third-order valence-electron chi connectivity index (χ3n) is 3.60. The topological polar surface area (TPSA) is 24.4 Å². The van der Waals surface area contributed by atoms with Crippen molar-refractivity contribution in [2.45, 2.75) is 46.1 Å². The first kappa shape index (κ1) is 13.3. The van der Waals surface area contributed by atoms with Crippen LogP contribution in [0.3, 0.4) is 0 Å². The molecule has 18 heavy (non-hydrogen) atoms. The molecule has 3 heteroatoms. The van der Waals surface area contributed by atoms with Gasteiger partial charge in [0, 0.05) is 11.4 Å². The van der Waals surface area contributed by atoms with Crippen molar-refractivity contribution in [3.8, 4) is 0 Å². The van der Waals surface area contributed by atoms with Gasteiger partial charge in [-0.25, -0.2) is 0 Å². The van der Waals surface area contributed by atoms with Crippen molar-refractivity contribution in [3.05, 3.63) is 33.5 Å². The van der Waals surface area contributed by atoms with Crippen molar-refractivity contribution in [1.82, 2.24) is 5.32 Å². The minimum Gasteiger partial charge on any atom is -0.363 e. The van der Waals surface area contributed by atoms with E-state index in [-0.39, 0.29) is 6.04 Å². The standard InChI is InChI=1S/C15H22N2S/c1-10-7-5-6-8-16-13(4)17-14(10)15-12(3)11(2)9-18-15/h9,14H,1,5-8H2,2-4H3,(H,16,17). The molecule has 0 saturated heterocycles. The number of hydrogen-bond acceptors (Lipinski definition) is 3. The van der Waals surface area contributed by atoms with Gasteiger partial charge in [-0.05, 0) is 62.1 Å². The van der Waals surface area contributed by atoms with Gasteiger partial charge in [-0.2, -0.15) is 0 Å². The Bertz CT molecular complexity index is 471. The average Bonchev–Trinajstić information content (AvgIpc) is 2.69. The van der Waals surface area contributed by atoms with E-state index in [0.717, 1.165) is 25.2 Å². The fourth-order valence-electron chi connectivity index (χ4n) is 2.27. The quantitative estimate of drug-likeness (QED) is 0.755. The number of aryl methyl sites for hydroxylation is 1. The summed E-state index contributed by atoms with van der Waals surface area (Å²) in [5, 5.41) is 5.77. The summed E-state index contributed by atoms with van der Waals surface area (Å²) in [7, 11) is 0. The van der Waals surface area contributed by atoms with E-state index < -0.39 is 0 Å². The molecule has 0 fully saturated rings. The first-order valence-corrected chi connectivity index (χ1v) is 7.47. The molecule has 2 rings (SSSR count). The number of hydrogen-bond donors (Lipinski definition) is 1. The van der Waals surface area contributed by atoms with Gasteiger partial charge in [0.1, 0.15) is 0 Å². The molecular weight excluding hydrogens is 240 g/mol. The van der Waals surface area contributed by atoms with Crippen LogP contribution in [0.4, 0.5) is 0 Å². The van der Waals surface area contributed by atoms with Crippen molar-refractivity contribution in [1.29, 1.82) is 0 Å². The van der Waals surface area contributed by atoms with Crippen LogP contribution in [0.5, 0.6) is 0 Å². The van der Waals surface area contributed by atoms with Gasteiger partial charge in [-0.15, -0.1) is 11.3 Å². The zero-order chi connectivity index (χ0) is 13.1. The SMILES string of the molecule is C=C1CCCC/N=C(/C)NC1c1scc(C)c1C. The maximum atomic E-state index is 4.56. The largest absolute Gasteiger partial charge is 0.363 e. The molecule has 1 atom stereocenters. The minimum absolute atomic E-state index is 0.241. The van der Waals surface area contributed by atoms with Gasteiger partial charge < -0.3 is 5.32 Å². The predicted octanol–water partition coefficient (Wildman–Crippen LogP) is 4.15. The van der Waals surface area contributed by atoms with Crippen LogP contribution in [0.2, 0.25) is 0 Å². The second kappa shape index (κ2) is 5.70. The number of aliphatic imine (C=N–C) groups is 1. The zero-order valence-electron chi connectivity index (χ0n) is 11.5. The van der Waals surface area contributed by atoms with Crippen LogP contribution in [-0.2, 0) is 0 Å². The van der Waals surface area contributed by atoms with E-state index in [1.807, 2.05) is 11.3 Å². The summed E-state index contributed by atoms with van der Waals surface area (Å²) in [6.07, 6.45) is 3.45. The highest BCUT2D eigenvalue weighted by molar-refractivity contribution is 7.10. The van der Waals surface area contributed by atoms with Gasteiger partial charge in [0.05, 0.1) is 11.9 Å². The summed E-state index contributed by atoms with van der Waals surface area (Å²) in [6.45, 7) is 11.7. The minimum atomic E-state index is 0.241. The Kier molecular flexibility index (Phi) is 4.23. The Morgan fingerprint density at radius 3 is 2.78 bits per heavy atom. The fraction of sp³-hybridized carbons (Fsp3) is 0.533. The molecule has 0 aromatic carbocycles. The molecule has 0 radical (unpaired) electrons. The van der Waals surface area contributed by atoms with Gasteiger partial charge in [0.15, 0.2) is 0 Å². The number of nitrogens with one attached hydrogen (secondary N) is 1. The summed E-state index contributed by atoms with van der Waals surface area (Å²) in [6, 6.07) is 0.241. The maximum Gasteiger partial charge on any atom is 0.0939 e. The third-order valence-corrected chi connectivity index (χ3v) is 4.87. The van der Waals surface area contributed by atoms with Crippen LogP contribution in [0.1, 0.15) is 48.2 Å². The lowest BCUT2D eigenvalue weighted by Gasteiger charge is -2.21. The molecule has 2 heterocycles. The molecule has 2 nitrogen and oxygen atoms in total. The molecule has 1 N–H and O–H groups in total. The average molecular weight is 262 g/mol. The predicted molar refractivity (Wildman–Crippen MR) is 80.6 cm³/mol. The van der Waals surface area contributed by atoms with E-state index in [9.17, 15) is 0 Å². The fourth-order valence-corrected chi connectivity index (χ4v) is 3.45. The van der Waals surface area contributed by atoms with Gasteiger partial charge in [0.25, 0.3) is 0 Å². The monoisotopic (exact) mass is 262 g/mol. The van der Waals surface area contributed by atoms with E-state index in [1.54, 1.807) is 0 Å². The van der Waals surface area contributed by atoms with Crippen LogP contribution >= 0.6 is 11.3 Å². The normalized spacial score (nSPS) is 24.5. The zero-order valence-corrected chi connectivity index (χ0v) is 12.4. The Morgan fingerprint density at radius 2 is 2.11 bits per heavy atom. The van der Waals surface area contributed by atoms with Crippen LogP contribution in [0, 0.1) is 13.8 Å². The van der Waals surface area contributed by atoms with Crippen molar-refractivity contribution in [2.24, 2.45) is 4.99 Å². The Labute approximate surface area is 114 Å². The van der Waals surface area contributed by atoms with Crippen LogP contribution < -0.4 is 5.32 Å². The van der Waals surface area contributed by atoms with Crippen LogP contribution in [0.25, 0.3) is 0 Å². The molecule has 1 unspecified atom stereocenters. The highest BCUT2D eigenvalue weighted by atomic mass is 32.1. The molecule has 0 saturated carbocycles. The molecule has 98 valence electrons. The van der Waals surface area contributed by atoms with Gasteiger partial charge in [-0.3, -0.25) is 4.99 Å². The van der Waals surface area contributed by atoms with Gasteiger partial charge in [0.2, 0.25) is 0 Å². The van der Waals surface area contributed by atoms with Gasteiger partial charge in [-0.1, -0.05) is 6.58 Å². The van der Waals surface area contributed by atoms with E-state index >= 15 is 0 Å². The lowest BCUT2D eigenvalue weighted by Crippen LogP contribution is -2.27. The molecule has 0 bridgehead atoms. The Hall–Kier alpha value is -1.09. The molecule has 0 amide bonds. The Balaban J connectivity index is 2.31. The van der Waals surface area contributed by atoms with Crippen LogP contribution in [0.15, 0.2) is 22.5 Å². The molecular formula is C15H22N2S. The van der Waals surface area contributed by atoms with Crippen molar-refractivity contribution >= 4 is 17.2 Å². The number of amidine groups is 1. The summed E-state index contributed by atoms with van der Waals surface area (Å²) in [4.78, 5) is 5.96. The Morgan fingerprint density at radius 1 is 1.33 bits per heavy atom. The molecule has 0 spiro atoms. The van der Waals surface area contributed by atoms with E-state index in [0.29, 0.717) is 0 Å². The van der Waals surface area contributed by atoms with Gasteiger partial charge >= 0.3 is 0 Å². The number of thiophene rings is 1. The second-order valence-electron chi connectivity index (χ2n) is 5.07. The van der Waals surface area contributed by atoms with Crippen LogP contribution in [-0.4, -0.2) is 12.4 Å². The first-order valence-electron chi connectivity index (χ1n) is 6.59. The lowest BCUT2D eigenvalue weighted by atomic mass is 9.98. The van der Waals surface area contributed by atoms with E-state index in [4.69, 9.17) is 0 Å².